The molecule has 0 spiro atoms. The molecule has 0 aliphatic heterocycles. The van der Waals surface area contributed by atoms with Gasteiger partial charge < -0.3 is 15.2 Å². The van der Waals surface area contributed by atoms with Crippen LogP contribution in [0.15, 0.2) is 18.2 Å². The summed E-state index contributed by atoms with van der Waals surface area (Å²) in [6.45, 7) is 2.15. The van der Waals surface area contributed by atoms with Gasteiger partial charge in [0.05, 0.1) is 14.2 Å². The molecule has 1 unspecified atom stereocenters. The minimum Gasteiger partial charge on any atom is -0.493 e. The Morgan fingerprint density at radius 1 is 1.37 bits per heavy atom. The van der Waals surface area contributed by atoms with Crippen LogP contribution in [0.25, 0.3) is 0 Å². The van der Waals surface area contributed by atoms with Crippen molar-refractivity contribution < 1.29 is 9.47 Å². The summed E-state index contributed by atoms with van der Waals surface area (Å²) in [4.78, 5) is 1.38. The monoisotopic (exact) mass is 263 g/mol. The van der Waals surface area contributed by atoms with Gasteiger partial charge in [0.1, 0.15) is 0 Å². The number of benzene rings is 1. The standard InChI is InChI=1S/C12H17N5O2/c1-8(13)9-4-5-10(11(6-9)18-3)19-7-12-14-16-17(2)15-12/h4-6,8H,7,13H2,1-3H3. The Labute approximate surface area is 111 Å². The zero-order valence-corrected chi connectivity index (χ0v) is 11.2. The van der Waals surface area contributed by atoms with Crippen LogP contribution in [0.4, 0.5) is 0 Å². The lowest BCUT2D eigenvalue weighted by atomic mass is 10.1. The van der Waals surface area contributed by atoms with Crippen LogP contribution in [-0.4, -0.2) is 27.3 Å². The lowest BCUT2D eigenvalue weighted by molar-refractivity contribution is 0.275. The third-order valence-corrected chi connectivity index (χ3v) is 2.62. The van der Waals surface area contributed by atoms with Gasteiger partial charge in [0.15, 0.2) is 18.1 Å². The maximum Gasteiger partial charge on any atom is 0.212 e. The van der Waals surface area contributed by atoms with Gasteiger partial charge in [0.25, 0.3) is 0 Å². The van der Waals surface area contributed by atoms with Crippen molar-refractivity contribution in [2.75, 3.05) is 7.11 Å². The molecule has 2 aromatic rings. The Hall–Kier alpha value is -2.15. The maximum absolute atomic E-state index is 5.83. The second-order valence-electron chi connectivity index (χ2n) is 4.18. The van der Waals surface area contributed by atoms with Gasteiger partial charge in [-0.15, -0.1) is 10.2 Å². The largest absolute Gasteiger partial charge is 0.493 e. The number of tetrazole rings is 1. The van der Waals surface area contributed by atoms with Crippen LogP contribution in [0.5, 0.6) is 11.5 Å². The van der Waals surface area contributed by atoms with E-state index >= 15 is 0 Å². The minimum atomic E-state index is -0.0513. The first-order chi connectivity index (χ1) is 9.10. The Bertz CT molecular complexity index is 553. The SMILES string of the molecule is COc1cc(C(C)N)ccc1OCc1nnn(C)n1. The third-order valence-electron chi connectivity index (χ3n) is 2.62. The van der Waals surface area contributed by atoms with Crippen molar-refractivity contribution in [3.8, 4) is 11.5 Å². The molecule has 7 nitrogen and oxygen atoms in total. The molecule has 2 N–H and O–H groups in total. The van der Waals surface area contributed by atoms with E-state index < -0.39 is 0 Å². The number of hydrogen-bond acceptors (Lipinski definition) is 6. The van der Waals surface area contributed by atoms with Gasteiger partial charge in [-0.25, -0.2) is 0 Å². The highest BCUT2D eigenvalue weighted by molar-refractivity contribution is 5.43. The molecule has 0 fully saturated rings. The van der Waals surface area contributed by atoms with E-state index in [1.165, 1.54) is 4.80 Å². The Morgan fingerprint density at radius 3 is 2.74 bits per heavy atom. The third kappa shape index (κ3) is 3.19. The van der Waals surface area contributed by atoms with E-state index in [0.29, 0.717) is 17.3 Å². The molecule has 0 saturated carbocycles. The van der Waals surface area contributed by atoms with Gasteiger partial charge in [-0.1, -0.05) is 6.07 Å². The summed E-state index contributed by atoms with van der Waals surface area (Å²) in [5, 5.41) is 11.6. The highest BCUT2D eigenvalue weighted by atomic mass is 16.5. The molecule has 0 amide bonds. The predicted molar refractivity (Wildman–Crippen MR) is 68.7 cm³/mol. The van der Waals surface area contributed by atoms with E-state index in [1.807, 2.05) is 25.1 Å². The second kappa shape index (κ2) is 5.66. The van der Waals surface area contributed by atoms with Gasteiger partial charge in [-0.05, 0) is 29.8 Å². The highest BCUT2D eigenvalue weighted by Gasteiger charge is 2.09. The highest BCUT2D eigenvalue weighted by Crippen LogP contribution is 2.30. The predicted octanol–water partition coefficient (Wildman–Crippen LogP) is 0.817. The number of rotatable bonds is 5. The summed E-state index contributed by atoms with van der Waals surface area (Å²) in [6.07, 6.45) is 0. The van der Waals surface area contributed by atoms with Crippen LogP contribution in [0.2, 0.25) is 0 Å². The van der Waals surface area contributed by atoms with Gasteiger partial charge in [-0.2, -0.15) is 4.80 Å². The van der Waals surface area contributed by atoms with Crippen molar-refractivity contribution in [1.29, 1.82) is 0 Å². The molecule has 1 aromatic carbocycles. The van der Waals surface area contributed by atoms with Crippen LogP contribution >= 0.6 is 0 Å². The van der Waals surface area contributed by atoms with Crippen LogP contribution in [-0.2, 0) is 13.7 Å². The van der Waals surface area contributed by atoms with E-state index in [2.05, 4.69) is 15.4 Å². The first kappa shape index (κ1) is 13.3. The summed E-state index contributed by atoms with van der Waals surface area (Å²) in [7, 11) is 3.29. The molecule has 2 rings (SSSR count). The number of ether oxygens (including phenoxy) is 2. The smallest absolute Gasteiger partial charge is 0.212 e. The topological polar surface area (TPSA) is 88.1 Å². The lowest BCUT2D eigenvalue weighted by Gasteiger charge is -2.12. The molecule has 0 aliphatic rings. The summed E-state index contributed by atoms with van der Waals surface area (Å²) in [5.74, 6) is 1.78. The van der Waals surface area contributed by atoms with E-state index in [9.17, 15) is 0 Å². The molecular weight excluding hydrogens is 246 g/mol. The van der Waals surface area contributed by atoms with Crippen LogP contribution in [0.1, 0.15) is 24.4 Å². The summed E-state index contributed by atoms with van der Waals surface area (Å²) >= 11 is 0. The number of aryl methyl sites for hydroxylation is 1. The van der Waals surface area contributed by atoms with Crippen molar-refractivity contribution >= 4 is 0 Å². The van der Waals surface area contributed by atoms with Gasteiger partial charge in [-0.3, -0.25) is 0 Å². The molecule has 0 radical (unpaired) electrons. The summed E-state index contributed by atoms with van der Waals surface area (Å²) < 4.78 is 10.9. The van der Waals surface area contributed by atoms with E-state index in [-0.39, 0.29) is 12.6 Å². The Balaban J connectivity index is 2.11. The van der Waals surface area contributed by atoms with Crippen molar-refractivity contribution in [1.82, 2.24) is 20.2 Å². The van der Waals surface area contributed by atoms with Crippen molar-refractivity contribution in [3.63, 3.8) is 0 Å². The second-order valence-corrected chi connectivity index (χ2v) is 4.18. The quantitative estimate of drug-likeness (QED) is 0.859. The van der Waals surface area contributed by atoms with Gasteiger partial charge in [0.2, 0.25) is 5.82 Å². The number of aromatic nitrogens is 4. The van der Waals surface area contributed by atoms with Crippen molar-refractivity contribution in [3.05, 3.63) is 29.6 Å². The average Bonchev–Trinajstić information content (AvgIpc) is 2.81. The number of nitrogens with two attached hydrogens (primary N) is 1. The van der Waals surface area contributed by atoms with Crippen LogP contribution < -0.4 is 15.2 Å². The molecule has 1 atom stereocenters. The van der Waals surface area contributed by atoms with Crippen LogP contribution in [0.3, 0.4) is 0 Å². The Morgan fingerprint density at radius 2 is 2.16 bits per heavy atom. The number of hydrogen-bond donors (Lipinski definition) is 1. The first-order valence-electron chi connectivity index (χ1n) is 5.89. The number of methoxy groups -OCH3 is 1. The lowest BCUT2D eigenvalue weighted by Crippen LogP contribution is -2.06. The zero-order chi connectivity index (χ0) is 13.8. The molecule has 7 heteroatoms. The molecule has 0 aliphatic carbocycles. The molecule has 1 heterocycles. The summed E-state index contributed by atoms with van der Waals surface area (Å²) in [5.41, 5.74) is 6.82. The maximum atomic E-state index is 5.83. The van der Waals surface area contributed by atoms with Gasteiger partial charge in [0, 0.05) is 6.04 Å². The molecule has 0 saturated heterocycles. The van der Waals surface area contributed by atoms with E-state index in [4.69, 9.17) is 15.2 Å². The molecule has 19 heavy (non-hydrogen) atoms. The minimum absolute atomic E-state index is 0.0513. The molecule has 0 bridgehead atoms. The zero-order valence-electron chi connectivity index (χ0n) is 11.2. The normalized spacial score (nSPS) is 12.2. The molecule has 102 valence electrons. The fourth-order valence-electron chi connectivity index (χ4n) is 1.61. The molecular formula is C12H17N5O2. The fraction of sp³-hybridized carbons (Fsp3) is 0.417. The van der Waals surface area contributed by atoms with Crippen molar-refractivity contribution in [2.45, 2.75) is 19.6 Å². The first-order valence-corrected chi connectivity index (χ1v) is 5.89. The molecule has 1 aromatic heterocycles. The van der Waals surface area contributed by atoms with Crippen molar-refractivity contribution in [2.24, 2.45) is 12.8 Å². The Kier molecular flexibility index (Phi) is 3.96. The number of nitrogens with zero attached hydrogens (tertiary/aromatic N) is 4. The fourth-order valence-corrected chi connectivity index (χ4v) is 1.61. The van der Waals surface area contributed by atoms with E-state index in [0.717, 1.165) is 5.56 Å². The average molecular weight is 263 g/mol. The summed E-state index contributed by atoms with van der Waals surface area (Å²) in [6, 6.07) is 5.55. The van der Waals surface area contributed by atoms with E-state index in [1.54, 1.807) is 14.2 Å². The van der Waals surface area contributed by atoms with Gasteiger partial charge >= 0.3 is 0 Å². The van der Waals surface area contributed by atoms with Crippen LogP contribution in [0, 0.1) is 0 Å².